The minimum absolute atomic E-state index is 0.0803. The van der Waals surface area contributed by atoms with Gasteiger partial charge < -0.3 is 15.0 Å². The average molecular weight is 463 g/mol. The van der Waals surface area contributed by atoms with Crippen LogP contribution in [0, 0.1) is 19.8 Å². The molecule has 0 aliphatic carbocycles. The van der Waals surface area contributed by atoms with Gasteiger partial charge in [0.15, 0.2) is 0 Å². The van der Waals surface area contributed by atoms with E-state index in [1.807, 2.05) is 35.0 Å². The van der Waals surface area contributed by atoms with Gasteiger partial charge in [0.1, 0.15) is 11.6 Å². The van der Waals surface area contributed by atoms with Crippen LogP contribution >= 0.6 is 11.8 Å². The second kappa shape index (κ2) is 8.59. The molecule has 1 atom stereocenters. The van der Waals surface area contributed by atoms with Gasteiger partial charge >= 0.3 is 0 Å². The lowest BCUT2D eigenvalue weighted by atomic mass is 10.1. The zero-order valence-corrected chi connectivity index (χ0v) is 19.7. The molecular weight excluding hydrogens is 436 g/mol. The molecule has 0 spiro atoms. The van der Waals surface area contributed by atoms with Gasteiger partial charge in [-0.1, -0.05) is 29.8 Å². The zero-order valence-electron chi connectivity index (χ0n) is 18.9. The number of amides is 2. The van der Waals surface area contributed by atoms with Crippen molar-refractivity contribution in [2.75, 3.05) is 23.9 Å². The van der Waals surface area contributed by atoms with Gasteiger partial charge in [0.2, 0.25) is 11.8 Å². The summed E-state index contributed by atoms with van der Waals surface area (Å²) in [6, 6.07) is 13.6. The summed E-state index contributed by atoms with van der Waals surface area (Å²) in [4.78, 5) is 27.8. The van der Waals surface area contributed by atoms with Crippen LogP contribution < -0.4 is 15.0 Å². The monoisotopic (exact) mass is 462 g/mol. The quantitative estimate of drug-likeness (QED) is 0.614. The zero-order chi connectivity index (χ0) is 23.1. The van der Waals surface area contributed by atoms with Gasteiger partial charge in [-0.05, 0) is 37.6 Å². The number of carbonyl (C=O) groups is 2. The van der Waals surface area contributed by atoms with Crippen LogP contribution in [0.4, 0.5) is 11.5 Å². The van der Waals surface area contributed by atoms with Crippen molar-refractivity contribution in [3.05, 3.63) is 64.8 Å². The normalized spacial score (nSPS) is 17.4. The Morgan fingerprint density at radius 1 is 1.15 bits per heavy atom. The Balaban J connectivity index is 1.42. The third-order valence-electron chi connectivity index (χ3n) is 6.25. The van der Waals surface area contributed by atoms with E-state index in [1.165, 1.54) is 5.56 Å². The van der Waals surface area contributed by atoms with E-state index in [0.29, 0.717) is 18.0 Å². The number of benzene rings is 2. The number of methoxy groups -OCH3 is 1. The number of anilines is 2. The fourth-order valence-corrected chi connectivity index (χ4v) is 5.58. The number of aromatic nitrogens is 2. The second-order valence-electron chi connectivity index (χ2n) is 8.53. The molecular formula is C25H26N4O3S. The first kappa shape index (κ1) is 21.6. The molecule has 2 aromatic carbocycles. The molecule has 2 aliphatic rings. The van der Waals surface area contributed by atoms with Crippen LogP contribution in [0.1, 0.15) is 28.8 Å². The van der Waals surface area contributed by atoms with Crippen molar-refractivity contribution in [1.82, 2.24) is 9.78 Å². The molecule has 8 heteroatoms. The van der Waals surface area contributed by atoms with Crippen LogP contribution in [0.25, 0.3) is 5.69 Å². The van der Waals surface area contributed by atoms with Crippen LogP contribution in [-0.2, 0) is 21.1 Å². The number of carbonyl (C=O) groups excluding carboxylic acids is 2. The first-order valence-corrected chi connectivity index (χ1v) is 12.1. The highest BCUT2D eigenvalue weighted by atomic mass is 32.2. The maximum Gasteiger partial charge on any atom is 0.230 e. The number of para-hydroxylation sites is 2. The van der Waals surface area contributed by atoms with Crippen molar-refractivity contribution in [3.8, 4) is 11.4 Å². The number of thioether (sulfide) groups is 1. The van der Waals surface area contributed by atoms with Crippen molar-refractivity contribution >= 4 is 35.1 Å². The number of nitrogens with zero attached hydrogens (tertiary/aromatic N) is 3. The highest BCUT2D eigenvalue weighted by molar-refractivity contribution is 7.98. The Hall–Kier alpha value is -3.26. The van der Waals surface area contributed by atoms with Gasteiger partial charge in [-0.15, -0.1) is 0 Å². The summed E-state index contributed by atoms with van der Waals surface area (Å²) >= 11 is 1.79. The number of hydrogen-bond donors (Lipinski definition) is 1. The van der Waals surface area contributed by atoms with Crippen molar-refractivity contribution in [1.29, 1.82) is 0 Å². The van der Waals surface area contributed by atoms with Crippen LogP contribution in [-0.4, -0.2) is 35.2 Å². The molecule has 0 saturated carbocycles. The topological polar surface area (TPSA) is 76.5 Å². The van der Waals surface area contributed by atoms with Crippen LogP contribution in [0.2, 0.25) is 0 Å². The summed E-state index contributed by atoms with van der Waals surface area (Å²) < 4.78 is 7.27. The predicted molar refractivity (Wildman–Crippen MR) is 130 cm³/mol. The van der Waals surface area contributed by atoms with Crippen LogP contribution in [0.15, 0.2) is 42.5 Å². The number of rotatable bonds is 5. The highest BCUT2D eigenvalue weighted by Crippen LogP contribution is 2.38. The third kappa shape index (κ3) is 3.88. The molecule has 0 radical (unpaired) electrons. The Morgan fingerprint density at radius 3 is 2.76 bits per heavy atom. The summed E-state index contributed by atoms with van der Waals surface area (Å²) in [6.07, 6.45) is 0.165. The molecule has 1 aromatic heterocycles. The van der Waals surface area contributed by atoms with Crippen molar-refractivity contribution in [2.45, 2.75) is 31.8 Å². The van der Waals surface area contributed by atoms with E-state index in [2.05, 4.69) is 31.3 Å². The number of aryl methyl sites for hydroxylation is 2. The van der Waals surface area contributed by atoms with Gasteiger partial charge in [0.25, 0.3) is 0 Å². The van der Waals surface area contributed by atoms with Crippen molar-refractivity contribution in [3.63, 3.8) is 0 Å². The fraction of sp³-hybridized carbons (Fsp3) is 0.320. The predicted octanol–water partition coefficient (Wildman–Crippen LogP) is 4.24. The standard InChI is InChI=1S/C25H26N4O3S/c1-15-8-9-20(16(2)10-15)29-24(18-13-33-14-19(18)27-29)26-25(31)17-11-23(30)28(12-17)21-6-4-5-7-22(21)32-3/h4-10,17H,11-14H2,1-3H3,(H,26,31). The fourth-order valence-electron chi connectivity index (χ4n) is 4.55. The van der Waals surface area contributed by atoms with E-state index in [9.17, 15) is 9.59 Å². The number of nitrogens with one attached hydrogen (secondary N) is 1. The van der Waals surface area contributed by atoms with Gasteiger partial charge in [0, 0.05) is 30.0 Å². The Bertz CT molecular complexity index is 1250. The molecule has 3 aromatic rings. The van der Waals surface area contributed by atoms with E-state index >= 15 is 0 Å². The minimum atomic E-state index is -0.449. The largest absolute Gasteiger partial charge is 0.495 e. The van der Waals surface area contributed by atoms with E-state index in [1.54, 1.807) is 23.8 Å². The maximum atomic E-state index is 13.3. The maximum absolute atomic E-state index is 13.3. The van der Waals surface area contributed by atoms with Gasteiger partial charge in [-0.3, -0.25) is 9.59 Å². The molecule has 3 heterocycles. The van der Waals surface area contributed by atoms with E-state index < -0.39 is 5.92 Å². The summed E-state index contributed by atoms with van der Waals surface area (Å²) in [6.45, 7) is 4.43. The smallest absolute Gasteiger partial charge is 0.230 e. The molecule has 1 N–H and O–H groups in total. The van der Waals surface area contributed by atoms with E-state index in [-0.39, 0.29) is 18.2 Å². The Labute approximate surface area is 197 Å². The summed E-state index contributed by atoms with van der Waals surface area (Å²) in [7, 11) is 1.58. The Kier molecular flexibility index (Phi) is 5.62. The molecule has 170 valence electrons. The van der Waals surface area contributed by atoms with Gasteiger partial charge in [0.05, 0.1) is 30.1 Å². The first-order valence-electron chi connectivity index (χ1n) is 11.0. The summed E-state index contributed by atoms with van der Waals surface area (Å²) in [5, 5.41) is 7.95. The summed E-state index contributed by atoms with van der Waals surface area (Å²) in [5.41, 5.74) is 6.00. The van der Waals surface area contributed by atoms with Crippen molar-refractivity contribution in [2.24, 2.45) is 5.92 Å². The number of ether oxygens (including phenoxy) is 1. The number of hydrogen-bond acceptors (Lipinski definition) is 5. The van der Waals surface area contributed by atoms with E-state index in [0.717, 1.165) is 39.8 Å². The molecule has 1 unspecified atom stereocenters. The van der Waals surface area contributed by atoms with Crippen LogP contribution in [0.5, 0.6) is 5.75 Å². The molecule has 2 amide bonds. The molecule has 2 aliphatic heterocycles. The first-order chi connectivity index (χ1) is 16.0. The van der Waals surface area contributed by atoms with Gasteiger partial charge in [-0.25, -0.2) is 4.68 Å². The minimum Gasteiger partial charge on any atom is -0.495 e. The molecule has 1 saturated heterocycles. The number of fused-ring (bicyclic) bond motifs is 1. The average Bonchev–Trinajstić information content (AvgIpc) is 3.50. The molecule has 7 nitrogen and oxygen atoms in total. The lowest BCUT2D eigenvalue weighted by molar-refractivity contribution is -0.122. The molecule has 5 rings (SSSR count). The molecule has 33 heavy (non-hydrogen) atoms. The highest BCUT2D eigenvalue weighted by Gasteiger charge is 2.37. The van der Waals surface area contributed by atoms with Crippen molar-refractivity contribution < 1.29 is 14.3 Å². The third-order valence-corrected chi connectivity index (χ3v) is 7.22. The van der Waals surface area contributed by atoms with Crippen LogP contribution in [0.3, 0.4) is 0 Å². The van der Waals surface area contributed by atoms with Gasteiger partial charge in [-0.2, -0.15) is 16.9 Å². The van der Waals surface area contributed by atoms with E-state index in [4.69, 9.17) is 9.84 Å². The SMILES string of the molecule is COc1ccccc1N1CC(C(=O)Nc2c3c(nn2-c2ccc(C)cc2C)CSC3)CC1=O. The Morgan fingerprint density at radius 2 is 1.97 bits per heavy atom. The lowest BCUT2D eigenvalue weighted by Crippen LogP contribution is -2.29. The molecule has 1 fully saturated rings. The lowest BCUT2D eigenvalue weighted by Gasteiger charge is -2.19. The summed E-state index contributed by atoms with van der Waals surface area (Å²) in [5.74, 6) is 2.29. The second-order valence-corrected chi connectivity index (χ2v) is 9.52. The molecule has 0 bridgehead atoms.